The zero-order chi connectivity index (χ0) is 29.0. The zero-order valence-corrected chi connectivity index (χ0v) is 24.1. The molecule has 0 saturated heterocycles. The summed E-state index contributed by atoms with van der Waals surface area (Å²) < 4.78 is 0. The fraction of sp³-hybridized carbons (Fsp3) is 0.0244. The van der Waals surface area contributed by atoms with E-state index in [0.29, 0.717) is 0 Å². The van der Waals surface area contributed by atoms with Crippen molar-refractivity contribution in [2.75, 3.05) is 10.2 Å². The van der Waals surface area contributed by atoms with E-state index in [0.717, 1.165) is 28.4 Å². The summed E-state index contributed by atoms with van der Waals surface area (Å²) in [4.78, 5) is 2.34. The molecular formula is C41H32N2. The van der Waals surface area contributed by atoms with Crippen LogP contribution in [0, 0.1) is 6.92 Å². The van der Waals surface area contributed by atoms with Crippen LogP contribution in [0.5, 0.6) is 0 Å². The highest BCUT2D eigenvalue weighted by molar-refractivity contribution is 5.90. The highest BCUT2D eigenvalue weighted by atomic mass is 15.1. The predicted molar refractivity (Wildman–Crippen MR) is 184 cm³/mol. The Morgan fingerprint density at radius 2 is 0.907 bits per heavy atom. The molecule has 0 spiro atoms. The second kappa shape index (κ2) is 11.7. The van der Waals surface area contributed by atoms with E-state index in [9.17, 15) is 0 Å². The molecular weight excluding hydrogens is 520 g/mol. The van der Waals surface area contributed by atoms with Crippen molar-refractivity contribution < 1.29 is 0 Å². The van der Waals surface area contributed by atoms with Crippen LogP contribution in [0.3, 0.4) is 0 Å². The molecule has 0 bridgehead atoms. The topological polar surface area (TPSA) is 15.3 Å². The van der Waals surface area contributed by atoms with Crippen molar-refractivity contribution in [2.45, 2.75) is 6.92 Å². The Bertz CT molecular complexity index is 1970. The molecule has 0 aliphatic heterocycles. The maximum absolute atomic E-state index is 3.49. The maximum Gasteiger partial charge on any atom is 0.0468 e. The van der Waals surface area contributed by atoms with E-state index in [1.807, 2.05) is 0 Å². The van der Waals surface area contributed by atoms with Crippen LogP contribution in [-0.4, -0.2) is 0 Å². The highest BCUT2D eigenvalue weighted by Gasteiger charge is 2.14. The first-order valence-corrected chi connectivity index (χ1v) is 14.7. The summed E-state index contributed by atoms with van der Waals surface area (Å²) >= 11 is 0. The molecule has 2 nitrogen and oxygen atoms in total. The Kier molecular flexibility index (Phi) is 7.17. The first-order valence-electron chi connectivity index (χ1n) is 14.7. The van der Waals surface area contributed by atoms with E-state index >= 15 is 0 Å². The molecule has 0 amide bonds. The molecule has 7 rings (SSSR count). The smallest absolute Gasteiger partial charge is 0.0468 e. The van der Waals surface area contributed by atoms with Crippen molar-refractivity contribution in [3.05, 3.63) is 175 Å². The van der Waals surface area contributed by atoms with E-state index < -0.39 is 0 Å². The lowest BCUT2D eigenvalue weighted by atomic mass is 10.0. The predicted octanol–water partition coefficient (Wildman–Crippen LogP) is 11.7. The van der Waals surface area contributed by atoms with Crippen LogP contribution in [0.25, 0.3) is 33.0 Å². The largest absolute Gasteiger partial charge is 0.356 e. The summed E-state index contributed by atoms with van der Waals surface area (Å²) in [5.41, 5.74) is 11.6. The third-order valence-corrected chi connectivity index (χ3v) is 7.89. The number of hydrogen-bond donors (Lipinski definition) is 1. The summed E-state index contributed by atoms with van der Waals surface area (Å²) in [5, 5.41) is 5.95. The van der Waals surface area contributed by atoms with Gasteiger partial charge in [-0.3, -0.25) is 0 Å². The van der Waals surface area contributed by atoms with Crippen molar-refractivity contribution in [3.8, 4) is 22.3 Å². The Balaban J connectivity index is 1.22. The lowest BCUT2D eigenvalue weighted by Crippen LogP contribution is -2.10. The quantitative estimate of drug-likeness (QED) is 0.212. The van der Waals surface area contributed by atoms with Gasteiger partial charge in [-0.1, -0.05) is 115 Å². The van der Waals surface area contributed by atoms with Gasteiger partial charge in [-0.2, -0.15) is 0 Å². The molecule has 0 aromatic heterocycles. The van der Waals surface area contributed by atoms with Crippen molar-refractivity contribution in [2.24, 2.45) is 0 Å². The van der Waals surface area contributed by atoms with Gasteiger partial charge in [0, 0.05) is 28.4 Å². The second-order valence-corrected chi connectivity index (χ2v) is 10.9. The number of aryl methyl sites for hydroxylation is 1. The van der Waals surface area contributed by atoms with Gasteiger partial charge >= 0.3 is 0 Å². The zero-order valence-electron chi connectivity index (χ0n) is 24.1. The Labute approximate surface area is 253 Å². The maximum atomic E-state index is 3.49. The number of anilines is 5. The Hall–Kier alpha value is -5.60. The van der Waals surface area contributed by atoms with E-state index in [1.54, 1.807) is 0 Å². The molecule has 0 unspecified atom stereocenters. The molecule has 0 radical (unpaired) electrons. The van der Waals surface area contributed by atoms with Crippen molar-refractivity contribution in [3.63, 3.8) is 0 Å². The van der Waals surface area contributed by atoms with Crippen LogP contribution in [0.2, 0.25) is 0 Å². The molecule has 43 heavy (non-hydrogen) atoms. The standard InChI is InChI=1S/C41H32N2/c1-30-14-21-37(22-15-30)42-38-23-16-33(17-24-38)34-18-25-39(26-19-34)43(41-27-20-32-10-5-6-11-35(32)29-41)40-13-7-12-36(28-40)31-8-3-2-4-9-31/h2-29,42H,1H3. The van der Waals surface area contributed by atoms with Crippen LogP contribution in [0.4, 0.5) is 28.4 Å². The first-order chi connectivity index (χ1) is 21.2. The highest BCUT2D eigenvalue weighted by Crippen LogP contribution is 2.38. The third-order valence-electron chi connectivity index (χ3n) is 7.89. The van der Waals surface area contributed by atoms with E-state index in [-0.39, 0.29) is 0 Å². The van der Waals surface area contributed by atoms with Gasteiger partial charge in [-0.25, -0.2) is 0 Å². The van der Waals surface area contributed by atoms with Crippen molar-refractivity contribution in [1.29, 1.82) is 0 Å². The minimum absolute atomic E-state index is 1.07. The van der Waals surface area contributed by atoms with Crippen molar-refractivity contribution in [1.82, 2.24) is 0 Å². The molecule has 2 heteroatoms. The summed E-state index contributed by atoms with van der Waals surface area (Å²) in [6.07, 6.45) is 0. The van der Waals surface area contributed by atoms with Crippen LogP contribution >= 0.6 is 0 Å². The van der Waals surface area contributed by atoms with Gasteiger partial charge in [0.1, 0.15) is 0 Å². The average molecular weight is 553 g/mol. The summed E-state index contributed by atoms with van der Waals surface area (Å²) in [5.74, 6) is 0. The summed E-state index contributed by atoms with van der Waals surface area (Å²) in [7, 11) is 0. The molecule has 7 aromatic rings. The van der Waals surface area contributed by atoms with Crippen molar-refractivity contribution >= 4 is 39.2 Å². The van der Waals surface area contributed by atoms with Gasteiger partial charge < -0.3 is 10.2 Å². The molecule has 0 aliphatic rings. The molecule has 0 aliphatic carbocycles. The number of hydrogen-bond acceptors (Lipinski definition) is 2. The van der Waals surface area contributed by atoms with Gasteiger partial charge in [0.25, 0.3) is 0 Å². The Morgan fingerprint density at radius 1 is 0.372 bits per heavy atom. The molecule has 0 heterocycles. The minimum atomic E-state index is 1.07. The van der Waals surface area contributed by atoms with E-state index in [1.165, 1.54) is 38.6 Å². The second-order valence-electron chi connectivity index (χ2n) is 10.9. The van der Waals surface area contributed by atoms with Gasteiger partial charge in [0.05, 0.1) is 0 Å². The normalized spacial score (nSPS) is 10.9. The third kappa shape index (κ3) is 5.77. The molecule has 0 fully saturated rings. The van der Waals surface area contributed by atoms with Crippen LogP contribution in [0.15, 0.2) is 170 Å². The van der Waals surface area contributed by atoms with Crippen LogP contribution in [0.1, 0.15) is 5.56 Å². The monoisotopic (exact) mass is 552 g/mol. The summed E-state index contributed by atoms with van der Waals surface area (Å²) in [6.45, 7) is 2.10. The molecule has 0 saturated carbocycles. The first kappa shape index (κ1) is 26.3. The Morgan fingerprint density at radius 3 is 1.63 bits per heavy atom. The van der Waals surface area contributed by atoms with Crippen LogP contribution < -0.4 is 10.2 Å². The minimum Gasteiger partial charge on any atom is -0.356 e. The molecule has 0 atom stereocenters. The van der Waals surface area contributed by atoms with E-state index in [2.05, 4.69) is 187 Å². The van der Waals surface area contributed by atoms with Gasteiger partial charge in [0.15, 0.2) is 0 Å². The molecule has 1 N–H and O–H groups in total. The van der Waals surface area contributed by atoms with Gasteiger partial charge in [0.2, 0.25) is 0 Å². The SMILES string of the molecule is Cc1ccc(Nc2ccc(-c3ccc(N(c4cccc(-c5ccccc5)c4)c4ccc5ccccc5c4)cc3)cc2)cc1. The van der Waals surface area contributed by atoms with Gasteiger partial charge in [-0.05, 0) is 101 Å². The lowest BCUT2D eigenvalue weighted by Gasteiger charge is -2.26. The van der Waals surface area contributed by atoms with E-state index in [4.69, 9.17) is 0 Å². The fourth-order valence-electron chi connectivity index (χ4n) is 5.57. The molecule has 7 aromatic carbocycles. The van der Waals surface area contributed by atoms with Gasteiger partial charge in [-0.15, -0.1) is 0 Å². The number of nitrogens with zero attached hydrogens (tertiary/aromatic N) is 1. The number of nitrogens with one attached hydrogen (secondary N) is 1. The lowest BCUT2D eigenvalue weighted by molar-refractivity contribution is 1.29. The fourth-order valence-corrected chi connectivity index (χ4v) is 5.57. The average Bonchev–Trinajstić information content (AvgIpc) is 3.07. The number of benzene rings is 7. The summed E-state index contributed by atoms with van der Waals surface area (Å²) in [6, 6.07) is 60.5. The molecule has 206 valence electrons. The van der Waals surface area contributed by atoms with Crippen LogP contribution in [-0.2, 0) is 0 Å². The number of fused-ring (bicyclic) bond motifs is 1. The number of rotatable bonds is 7.